The van der Waals surface area contributed by atoms with Crippen molar-refractivity contribution < 1.29 is 9.59 Å². The molecule has 1 aromatic carbocycles. The molecule has 3 rings (SSSR count). The van der Waals surface area contributed by atoms with Crippen LogP contribution in [0.5, 0.6) is 0 Å². The molecule has 1 aliphatic rings. The Morgan fingerprint density at radius 1 is 1.25 bits per heavy atom. The summed E-state index contributed by atoms with van der Waals surface area (Å²) in [4.78, 5) is 29.4. The van der Waals surface area contributed by atoms with Gasteiger partial charge < -0.3 is 20.9 Å². The molecular weight excluding hydrogens is 304 g/mol. The summed E-state index contributed by atoms with van der Waals surface area (Å²) in [5.74, 6) is 0.399. The molecule has 1 aromatic heterocycles. The number of aromatic amines is 1. The lowest BCUT2D eigenvalue weighted by Crippen LogP contribution is -2.33. The third-order valence-corrected chi connectivity index (χ3v) is 4.94. The highest BCUT2D eigenvalue weighted by atomic mass is 16.2. The first kappa shape index (κ1) is 16.4. The van der Waals surface area contributed by atoms with Crippen LogP contribution < -0.4 is 16.0 Å². The van der Waals surface area contributed by atoms with Crippen LogP contribution in [0, 0.1) is 5.92 Å². The number of nitrogens with one attached hydrogen (secondary N) is 2. The van der Waals surface area contributed by atoms with E-state index in [0.29, 0.717) is 11.4 Å². The molecule has 1 saturated carbocycles. The molecule has 128 valence electrons. The summed E-state index contributed by atoms with van der Waals surface area (Å²) < 4.78 is 0. The summed E-state index contributed by atoms with van der Waals surface area (Å²) in [6.07, 6.45) is 5.44. The first-order valence-electron chi connectivity index (χ1n) is 8.43. The van der Waals surface area contributed by atoms with Crippen LogP contribution in [0.25, 0.3) is 10.9 Å². The maximum Gasteiger partial charge on any atom is 0.255 e. The largest absolute Gasteiger partial charge is 0.385 e. The highest BCUT2D eigenvalue weighted by Gasteiger charge is 2.25. The first-order valence-corrected chi connectivity index (χ1v) is 8.43. The fraction of sp³-hybridized carbons (Fsp3) is 0.444. The number of fused-ring (bicyclic) bond motifs is 1. The second-order valence-electron chi connectivity index (χ2n) is 6.45. The molecule has 1 fully saturated rings. The summed E-state index contributed by atoms with van der Waals surface area (Å²) in [5.41, 5.74) is 7.95. The second-order valence-corrected chi connectivity index (χ2v) is 6.45. The Bertz CT molecular complexity index is 775. The minimum atomic E-state index is -0.224. The standard InChI is InChI=1S/C18H24N4O2/c1-20-17(23)15-13-9-8-12(10-14(13)21-16(15)19)22(2)18(24)11-6-4-3-5-7-11/h8-11,21H,3-7,19H2,1-2H3,(H,20,23). The fourth-order valence-electron chi connectivity index (χ4n) is 3.54. The molecule has 24 heavy (non-hydrogen) atoms. The number of hydrogen-bond donors (Lipinski definition) is 3. The number of nitrogen functional groups attached to an aromatic ring is 1. The van der Waals surface area contributed by atoms with Crippen LogP contribution >= 0.6 is 0 Å². The molecular formula is C18H24N4O2. The Balaban J connectivity index is 1.90. The van der Waals surface area contributed by atoms with Gasteiger partial charge in [0.2, 0.25) is 5.91 Å². The van der Waals surface area contributed by atoms with Crippen molar-refractivity contribution >= 4 is 34.2 Å². The zero-order chi connectivity index (χ0) is 17.3. The van der Waals surface area contributed by atoms with Gasteiger partial charge in [-0.2, -0.15) is 0 Å². The van der Waals surface area contributed by atoms with Crippen molar-refractivity contribution in [2.75, 3.05) is 24.7 Å². The molecule has 2 amide bonds. The third kappa shape index (κ3) is 2.84. The van der Waals surface area contributed by atoms with Gasteiger partial charge in [0, 0.05) is 36.6 Å². The van der Waals surface area contributed by atoms with Crippen LogP contribution in [0.4, 0.5) is 11.5 Å². The maximum atomic E-state index is 12.7. The third-order valence-electron chi connectivity index (χ3n) is 4.94. The number of carbonyl (C=O) groups is 2. The van der Waals surface area contributed by atoms with Gasteiger partial charge >= 0.3 is 0 Å². The predicted molar refractivity (Wildman–Crippen MR) is 96.1 cm³/mol. The van der Waals surface area contributed by atoms with Crippen molar-refractivity contribution in [3.63, 3.8) is 0 Å². The lowest BCUT2D eigenvalue weighted by atomic mass is 9.88. The number of nitrogens with two attached hydrogens (primary N) is 1. The molecule has 6 heteroatoms. The summed E-state index contributed by atoms with van der Waals surface area (Å²) in [6, 6.07) is 5.58. The predicted octanol–water partition coefficient (Wildman–Crippen LogP) is 2.65. The number of carbonyl (C=O) groups excluding carboxylic acids is 2. The molecule has 0 bridgehead atoms. The van der Waals surface area contributed by atoms with Crippen LogP contribution in [0.1, 0.15) is 42.5 Å². The van der Waals surface area contributed by atoms with E-state index in [4.69, 9.17) is 5.73 Å². The lowest BCUT2D eigenvalue weighted by molar-refractivity contribution is -0.123. The maximum absolute atomic E-state index is 12.7. The SMILES string of the molecule is CNC(=O)c1c(N)[nH]c2cc(N(C)C(=O)C3CCCCC3)ccc12. The number of benzene rings is 1. The molecule has 0 unspecified atom stereocenters. The Hall–Kier alpha value is -2.50. The van der Waals surface area contributed by atoms with E-state index >= 15 is 0 Å². The van der Waals surface area contributed by atoms with Gasteiger partial charge in [-0.25, -0.2) is 0 Å². The molecule has 1 aliphatic carbocycles. The van der Waals surface area contributed by atoms with E-state index < -0.39 is 0 Å². The topological polar surface area (TPSA) is 91.2 Å². The van der Waals surface area contributed by atoms with Crippen LogP contribution in [0.3, 0.4) is 0 Å². The molecule has 0 atom stereocenters. The van der Waals surface area contributed by atoms with Crippen molar-refractivity contribution in [1.82, 2.24) is 10.3 Å². The van der Waals surface area contributed by atoms with Crippen LogP contribution in [0.15, 0.2) is 18.2 Å². The zero-order valence-electron chi connectivity index (χ0n) is 14.2. The van der Waals surface area contributed by atoms with Crippen LogP contribution in [0.2, 0.25) is 0 Å². The molecule has 0 spiro atoms. The lowest BCUT2D eigenvalue weighted by Gasteiger charge is -2.26. The second kappa shape index (κ2) is 6.55. The minimum absolute atomic E-state index is 0.120. The Kier molecular flexibility index (Phi) is 4.46. The number of aromatic nitrogens is 1. The normalized spacial score (nSPS) is 15.4. The number of amides is 2. The average Bonchev–Trinajstić information content (AvgIpc) is 2.95. The van der Waals surface area contributed by atoms with Crippen molar-refractivity contribution in [1.29, 1.82) is 0 Å². The zero-order valence-corrected chi connectivity index (χ0v) is 14.2. The summed E-state index contributed by atoms with van der Waals surface area (Å²) >= 11 is 0. The van der Waals surface area contributed by atoms with Crippen molar-refractivity contribution in [2.45, 2.75) is 32.1 Å². The van der Waals surface area contributed by atoms with Crippen molar-refractivity contribution in [3.05, 3.63) is 23.8 Å². The number of anilines is 2. The van der Waals surface area contributed by atoms with Gasteiger partial charge in [-0.1, -0.05) is 19.3 Å². The van der Waals surface area contributed by atoms with Gasteiger partial charge in [0.15, 0.2) is 0 Å². The molecule has 1 heterocycles. The van der Waals surface area contributed by atoms with Crippen LogP contribution in [-0.4, -0.2) is 30.9 Å². The average molecular weight is 328 g/mol. The first-order chi connectivity index (χ1) is 11.5. The van der Waals surface area contributed by atoms with Gasteiger partial charge in [0.1, 0.15) is 5.82 Å². The number of nitrogens with zero attached hydrogens (tertiary/aromatic N) is 1. The molecule has 6 nitrogen and oxygen atoms in total. The smallest absolute Gasteiger partial charge is 0.255 e. The van der Waals surface area contributed by atoms with Gasteiger partial charge in [0.25, 0.3) is 5.91 Å². The molecule has 0 aliphatic heterocycles. The monoisotopic (exact) mass is 328 g/mol. The van der Waals surface area contributed by atoms with E-state index in [1.165, 1.54) is 6.42 Å². The van der Waals surface area contributed by atoms with E-state index in [0.717, 1.165) is 42.3 Å². The number of H-pyrrole nitrogens is 1. The van der Waals surface area contributed by atoms with Gasteiger partial charge in [-0.15, -0.1) is 0 Å². The summed E-state index contributed by atoms with van der Waals surface area (Å²) in [5, 5.41) is 3.35. The van der Waals surface area contributed by atoms with E-state index in [1.54, 1.807) is 11.9 Å². The van der Waals surface area contributed by atoms with E-state index in [9.17, 15) is 9.59 Å². The Morgan fingerprint density at radius 3 is 2.62 bits per heavy atom. The van der Waals surface area contributed by atoms with E-state index in [2.05, 4.69) is 10.3 Å². The quantitative estimate of drug-likeness (QED) is 0.809. The van der Waals surface area contributed by atoms with E-state index in [-0.39, 0.29) is 17.7 Å². The highest BCUT2D eigenvalue weighted by Crippen LogP contribution is 2.30. The van der Waals surface area contributed by atoms with Gasteiger partial charge in [-0.05, 0) is 31.0 Å². The molecule has 0 saturated heterocycles. The number of hydrogen-bond acceptors (Lipinski definition) is 3. The number of rotatable bonds is 3. The van der Waals surface area contributed by atoms with Crippen LogP contribution in [-0.2, 0) is 4.79 Å². The minimum Gasteiger partial charge on any atom is -0.385 e. The van der Waals surface area contributed by atoms with Gasteiger partial charge in [0.05, 0.1) is 5.56 Å². The van der Waals surface area contributed by atoms with Crippen molar-refractivity contribution in [2.24, 2.45) is 5.92 Å². The fourth-order valence-corrected chi connectivity index (χ4v) is 3.54. The highest BCUT2D eigenvalue weighted by molar-refractivity contribution is 6.12. The van der Waals surface area contributed by atoms with Gasteiger partial charge in [-0.3, -0.25) is 9.59 Å². The summed E-state index contributed by atoms with van der Waals surface area (Å²) in [6.45, 7) is 0. The Labute approximate surface area is 141 Å². The Morgan fingerprint density at radius 2 is 1.96 bits per heavy atom. The van der Waals surface area contributed by atoms with Crippen molar-refractivity contribution in [3.8, 4) is 0 Å². The molecule has 4 N–H and O–H groups in total. The summed E-state index contributed by atoms with van der Waals surface area (Å²) in [7, 11) is 3.38. The molecule has 0 radical (unpaired) electrons. The van der Waals surface area contributed by atoms with E-state index in [1.807, 2.05) is 25.2 Å². The molecule has 2 aromatic rings.